The predicted molar refractivity (Wildman–Crippen MR) is 119 cm³/mol. The first-order chi connectivity index (χ1) is 14.7. The number of amidine groups is 1. The summed E-state index contributed by atoms with van der Waals surface area (Å²) in [5.74, 6) is 1.08. The molecule has 2 aromatic rings. The highest BCUT2D eigenvalue weighted by molar-refractivity contribution is 7.99. The zero-order valence-electron chi connectivity index (χ0n) is 15.9. The van der Waals surface area contributed by atoms with Crippen molar-refractivity contribution in [1.82, 2.24) is 14.8 Å². The van der Waals surface area contributed by atoms with Gasteiger partial charge in [0.1, 0.15) is 11.8 Å². The number of ether oxygens (including phenoxy) is 1. The number of aliphatic imine (C=N–C) groups is 2. The maximum atomic E-state index is 12.4. The smallest absolute Gasteiger partial charge is 0.260 e. The lowest BCUT2D eigenvalue weighted by atomic mass is 9.96. The topological polar surface area (TPSA) is 81.7 Å². The number of fused-ring (bicyclic) bond motifs is 1. The third-order valence-electron chi connectivity index (χ3n) is 5.01. The van der Waals surface area contributed by atoms with Gasteiger partial charge in [0.2, 0.25) is 0 Å². The molecule has 0 saturated carbocycles. The van der Waals surface area contributed by atoms with Crippen molar-refractivity contribution >= 4 is 52.2 Å². The van der Waals surface area contributed by atoms with E-state index in [1.165, 1.54) is 11.8 Å². The van der Waals surface area contributed by atoms with Gasteiger partial charge < -0.3 is 4.74 Å². The van der Waals surface area contributed by atoms with Crippen molar-refractivity contribution in [2.45, 2.75) is 30.6 Å². The van der Waals surface area contributed by atoms with Gasteiger partial charge in [-0.2, -0.15) is 4.99 Å². The van der Waals surface area contributed by atoms with E-state index in [0.29, 0.717) is 28.9 Å². The molecule has 0 radical (unpaired) electrons. The van der Waals surface area contributed by atoms with Crippen LogP contribution in [0.4, 0.5) is 0 Å². The SMILES string of the molecule is O=C1N=C(CSc2nnc(-c3cccs3)n2CC2CCCO2)N=C2C=C(Cl)C=CC12. The summed E-state index contributed by atoms with van der Waals surface area (Å²) < 4.78 is 7.94. The zero-order valence-corrected chi connectivity index (χ0v) is 18.3. The van der Waals surface area contributed by atoms with Crippen LogP contribution in [0.15, 0.2) is 55.9 Å². The third kappa shape index (κ3) is 4.07. The molecule has 5 rings (SSSR count). The Morgan fingerprint density at radius 3 is 3.07 bits per heavy atom. The minimum atomic E-state index is -0.435. The summed E-state index contributed by atoms with van der Waals surface area (Å²) in [6.45, 7) is 1.50. The number of aromatic nitrogens is 3. The number of amides is 1. The maximum Gasteiger partial charge on any atom is 0.260 e. The van der Waals surface area contributed by atoms with Crippen molar-refractivity contribution in [1.29, 1.82) is 0 Å². The monoisotopic (exact) mass is 459 g/mol. The number of hydrogen-bond acceptors (Lipinski definition) is 7. The van der Waals surface area contributed by atoms with E-state index in [-0.39, 0.29) is 12.0 Å². The molecule has 2 atom stereocenters. The second-order valence-corrected chi connectivity index (χ2v) is 9.41. The molecular formula is C20H18ClN5O2S2. The second kappa shape index (κ2) is 8.58. The highest BCUT2D eigenvalue weighted by Gasteiger charge is 2.28. The van der Waals surface area contributed by atoms with E-state index in [1.54, 1.807) is 29.6 Å². The molecule has 10 heteroatoms. The minimum absolute atomic E-state index is 0.162. The summed E-state index contributed by atoms with van der Waals surface area (Å²) in [5, 5.41) is 12.2. The van der Waals surface area contributed by atoms with Gasteiger partial charge in [0, 0.05) is 11.6 Å². The molecular weight excluding hydrogens is 442 g/mol. The van der Waals surface area contributed by atoms with E-state index in [2.05, 4.69) is 24.7 Å². The number of carbonyl (C=O) groups excluding carboxylic acids is 1. The first-order valence-electron chi connectivity index (χ1n) is 9.64. The zero-order chi connectivity index (χ0) is 20.5. The van der Waals surface area contributed by atoms with Crippen molar-refractivity contribution < 1.29 is 9.53 Å². The van der Waals surface area contributed by atoms with Gasteiger partial charge in [-0.05, 0) is 36.4 Å². The number of allylic oxidation sites excluding steroid dienone is 3. The Labute approximate surface area is 186 Å². The molecule has 2 aliphatic heterocycles. The van der Waals surface area contributed by atoms with Crippen LogP contribution in [0.1, 0.15) is 12.8 Å². The molecule has 30 heavy (non-hydrogen) atoms. The number of carbonyl (C=O) groups is 1. The summed E-state index contributed by atoms with van der Waals surface area (Å²) >= 11 is 9.17. The van der Waals surface area contributed by atoms with E-state index in [9.17, 15) is 4.79 Å². The van der Waals surface area contributed by atoms with Gasteiger partial charge in [0.05, 0.1) is 29.0 Å². The Morgan fingerprint density at radius 2 is 2.27 bits per heavy atom. The molecule has 1 amide bonds. The van der Waals surface area contributed by atoms with E-state index in [4.69, 9.17) is 16.3 Å². The van der Waals surface area contributed by atoms with E-state index < -0.39 is 5.92 Å². The number of halogens is 1. The fourth-order valence-corrected chi connectivity index (χ4v) is 5.29. The number of thiophene rings is 1. The summed E-state index contributed by atoms with van der Waals surface area (Å²) in [5.41, 5.74) is 0.637. The molecule has 7 nitrogen and oxygen atoms in total. The quantitative estimate of drug-likeness (QED) is 0.610. The van der Waals surface area contributed by atoms with Gasteiger partial charge in [0.25, 0.3) is 5.91 Å². The van der Waals surface area contributed by atoms with Crippen molar-refractivity contribution in [3.8, 4) is 10.7 Å². The number of hydrogen-bond donors (Lipinski definition) is 0. The van der Waals surface area contributed by atoms with Gasteiger partial charge in [-0.15, -0.1) is 21.5 Å². The van der Waals surface area contributed by atoms with Crippen LogP contribution in [-0.4, -0.2) is 50.7 Å². The minimum Gasteiger partial charge on any atom is -0.376 e. The molecule has 2 unspecified atom stereocenters. The average molecular weight is 460 g/mol. The van der Waals surface area contributed by atoms with Crippen LogP contribution >= 0.6 is 34.7 Å². The van der Waals surface area contributed by atoms with Gasteiger partial charge in [0.15, 0.2) is 11.0 Å². The van der Waals surface area contributed by atoms with E-state index >= 15 is 0 Å². The third-order valence-corrected chi connectivity index (χ3v) is 7.08. The standard InChI is InChI=1S/C20H18ClN5O2S2/c21-12-5-6-14-15(9-12)22-17(23-19(14)27)11-30-20-25-24-18(16-4-2-8-29-16)26(20)10-13-3-1-7-28-13/h2,4-6,8-9,13-14H,1,3,7,10-11H2. The molecule has 2 aromatic heterocycles. The lowest BCUT2D eigenvalue weighted by molar-refractivity contribution is -0.118. The summed E-state index contributed by atoms with van der Waals surface area (Å²) in [6, 6.07) is 4.04. The van der Waals surface area contributed by atoms with Crippen LogP contribution in [0.5, 0.6) is 0 Å². The van der Waals surface area contributed by atoms with Crippen LogP contribution in [0.25, 0.3) is 10.7 Å². The number of thioether (sulfide) groups is 1. The molecule has 0 bridgehead atoms. The van der Waals surface area contributed by atoms with Crippen molar-refractivity contribution in [2.75, 3.05) is 12.4 Å². The highest BCUT2D eigenvalue weighted by Crippen LogP contribution is 2.30. The summed E-state index contributed by atoms with van der Waals surface area (Å²) in [7, 11) is 0. The first-order valence-corrected chi connectivity index (χ1v) is 11.9. The maximum absolute atomic E-state index is 12.4. The second-order valence-electron chi connectivity index (χ2n) is 7.09. The Kier molecular flexibility index (Phi) is 5.68. The fourth-order valence-electron chi connectivity index (χ4n) is 3.58. The molecule has 0 spiro atoms. The highest BCUT2D eigenvalue weighted by atomic mass is 35.5. The molecule has 1 aliphatic carbocycles. The fraction of sp³-hybridized carbons (Fsp3) is 0.350. The molecule has 0 N–H and O–H groups in total. The summed E-state index contributed by atoms with van der Waals surface area (Å²) in [4.78, 5) is 22.1. The Bertz CT molecular complexity index is 1080. The van der Waals surface area contributed by atoms with Crippen LogP contribution < -0.4 is 0 Å². The van der Waals surface area contributed by atoms with Crippen LogP contribution in [0, 0.1) is 5.92 Å². The molecule has 3 aliphatic rings. The Hall–Kier alpha value is -2.07. The Balaban J connectivity index is 1.37. The van der Waals surface area contributed by atoms with E-state index in [1.807, 2.05) is 17.5 Å². The first kappa shape index (κ1) is 19.9. The van der Waals surface area contributed by atoms with Gasteiger partial charge in [-0.25, -0.2) is 4.99 Å². The number of rotatable bonds is 6. The summed E-state index contributed by atoms with van der Waals surface area (Å²) in [6.07, 6.45) is 7.43. The molecule has 1 saturated heterocycles. The van der Waals surface area contributed by atoms with Crippen LogP contribution in [0.2, 0.25) is 0 Å². The van der Waals surface area contributed by atoms with Crippen molar-refractivity contribution in [2.24, 2.45) is 15.9 Å². The van der Waals surface area contributed by atoms with E-state index in [0.717, 1.165) is 35.3 Å². The number of nitrogens with zero attached hydrogens (tertiary/aromatic N) is 5. The van der Waals surface area contributed by atoms with Gasteiger partial charge >= 0.3 is 0 Å². The van der Waals surface area contributed by atoms with Crippen LogP contribution in [-0.2, 0) is 16.1 Å². The normalized spacial score (nSPS) is 23.2. The van der Waals surface area contributed by atoms with Crippen molar-refractivity contribution in [3.63, 3.8) is 0 Å². The molecule has 0 aromatic carbocycles. The van der Waals surface area contributed by atoms with Crippen LogP contribution in [0.3, 0.4) is 0 Å². The molecule has 154 valence electrons. The largest absolute Gasteiger partial charge is 0.376 e. The van der Waals surface area contributed by atoms with Gasteiger partial charge in [-0.1, -0.05) is 35.5 Å². The Morgan fingerprint density at radius 1 is 1.33 bits per heavy atom. The molecule has 4 heterocycles. The van der Waals surface area contributed by atoms with Gasteiger partial charge in [-0.3, -0.25) is 9.36 Å². The van der Waals surface area contributed by atoms with Crippen molar-refractivity contribution in [3.05, 3.63) is 40.8 Å². The lowest BCUT2D eigenvalue weighted by Gasteiger charge is -2.18. The lowest BCUT2D eigenvalue weighted by Crippen LogP contribution is -2.28. The predicted octanol–water partition coefficient (Wildman–Crippen LogP) is 3.97. The molecule has 1 fully saturated rings. The average Bonchev–Trinajstić information content (AvgIpc) is 3.49.